The predicted octanol–water partition coefficient (Wildman–Crippen LogP) is 2.28. The summed E-state index contributed by atoms with van der Waals surface area (Å²) in [7, 11) is 0. The summed E-state index contributed by atoms with van der Waals surface area (Å²) >= 11 is 0. The number of hydrogen-bond donors (Lipinski definition) is 1. The first-order valence-electron chi connectivity index (χ1n) is 9.06. The fourth-order valence-corrected chi connectivity index (χ4v) is 3.97. The minimum atomic E-state index is -1.70. The monoisotopic (exact) mass is 361 g/mol. The Morgan fingerprint density at radius 3 is 2.08 bits per heavy atom. The second kappa shape index (κ2) is 8.45. The Morgan fingerprint density at radius 1 is 1.12 bits per heavy atom. The molecule has 1 fully saturated rings. The molecule has 2 rings (SSSR count). The summed E-state index contributed by atoms with van der Waals surface area (Å²) in [6.07, 6.45) is 0.829. The topological polar surface area (TPSA) is 81.7 Å². The van der Waals surface area contributed by atoms with E-state index >= 15 is 0 Å². The van der Waals surface area contributed by atoms with Crippen molar-refractivity contribution >= 4 is 18.2 Å². The highest BCUT2D eigenvalue weighted by molar-refractivity contribution is 6.06. The SMILES string of the molecule is CCOC(=O)C1(C(=O)OCC)N[C@H](c2ccccc2)[C@H](C=O)[C@H]1C(C)C. The molecular weight excluding hydrogens is 334 g/mol. The average Bonchev–Trinajstić information content (AvgIpc) is 2.99. The Morgan fingerprint density at radius 2 is 1.65 bits per heavy atom. The lowest BCUT2D eigenvalue weighted by molar-refractivity contribution is -0.169. The Balaban J connectivity index is 2.61. The van der Waals surface area contributed by atoms with E-state index in [1.54, 1.807) is 13.8 Å². The van der Waals surface area contributed by atoms with Crippen LogP contribution >= 0.6 is 0 Å². The third-order valence-electron chi connectivity index (χ3n) is 4.91. The number of aldehydes is 1. The Labute approximate surface area is 154 Å². The van der Waals surface area contributed by atoms with Gasteiger partial charge in [-0.2, -0.15) is 0 Å². The van der Waals surface area contributed by atoms with Crippen LogP contribution in [-0.2, 0) is 23.9 Å². The molecular formula is C20H27NO5. The normalized spacial score (nSPS) is 24.3. The number of benzene rings is 1. The van der Waals surface area contributed by atoms with Crippen LogP contribution in [0.4, 0.5) is 0 Å². The number of carbonyl (C=O) groups excluding carboxylic acids is 3. The van der Waals surface area contributed by atoms with E-state index in [9.17, 15) is 14.4 Å². The van der Waals surface area contributed by atoms with Gasteiger partial charge in [-0.15, -0.1) is 0 Å². The fraction of sp³-hybridized carbons (Fsp3) is 0.550. The van der Waals surface area contributed by atoms with Gasteiger partial charge in [-0.05, 0) is 25.3 Å². The zero-order valence-corrected chi connectivity index (χ0v) is 15.7. The van der Waals surface area contributed by atoms with Crippen molar-refractivity contribution in [3.63, 3.8) is 0 Å². The number of carbonyl (C=O) groups is 3. The molecule has 1 aliphatic heterocycles. The van der Waals surface area contributed by atoms with E-state index in [1.165, 1.54) is 0 Å². The molecule has 1 aromatic rings. The number of hydrogen-bond acceptors (Lipinski definition) is 6. The lowest BCUT2D eigenvalue weighted by atomic mass is 9.72. The first-order valence-corrected chi connectivity index (χ1v) is 9.06. The number of esters is 2. The van der Waals surface area contributed by atoms with E-state index in [-0.39, 0.29) is 19.1 Å². The van der Waals surface area contributed by atoms with E-state index < -0.39 is 35.4 Å². The standard InChI is InChI=1S/C20H27NO5/c1-5-25-18(23)20(19(24)26-6-2)16(13(3)4)15(12-22)17(21-20)14-10-8-7-9-11-14/h7-13,15-17,21H,5-6H2,1-4H3/t15-,16-,17-/m1/s1. The van der Waals surface area contributed by atoms with Crippen molar-refractivity contribution in [3.05, 3.63) is 35.9 Å². The Kier molecular flexibility index (Phi) is 6.53. The molecule has 1 aliphatic rings. The molecule has 0 bridgehead atoms. The number of rotatable bonds is 7. The van der Waals surface area contributed by atoms with Crippen LogP contribution in [0, 0.1) is 17.8 Å². The summed E-state index contributed by atoms with van der Waals surface area (Å²) in [5.41, 5.74) is -0.863. The van der Waals surface area contributed by atoms with Crippen molar-refractivity contribution < 1.29 is 23.9 Å². The van der Waals surface area contributed by atoms with E-state index in [0.29, 0.717) is 0 Å². The maximum Gasteiger partial charge on any atom is 0.338 e. The quantitative estimate of drug-likeness (QED) is 0.456. The highest BCUT2D eigenvalue weighted by Crippen LogP contribution is 2.47. The first kappa shape index (κ1) is 20.1. The van der Waals surface area contributed by atoms with Gasteiger partial charge in [-0.1, -0.05) is 44.2 Å². The van der Waals surface area contributed by atoms with E-state index in [0.717, 1.165) is 11.8 Å². The highest BCUT2D eigenvalue weighted by Gasteiger charge is 2.65. The molecule has 0 spiro atoms. The van der Waals surface area contributed by atoms with Crippen molar-refractivity contribution in [3.8, 4) is 0 Å². The maximum atomic E-state index is 12.9. The van der Waals surface area contributed by atoms with Crippen molar-refractivity contribution in [2.45, 2.75) is 39.3 Å². The third-order valence-corrected chi connectivity index (χ3v) is 4.91. The predicted molar refractivity (Wildman–Crippen MR) is 96.2 cm³/mol. The molecule has 0 saturated carbocycles. The van der Waals surface area contributed by atoms with Gasteiger partial charge in [-0.3, -0.25) is 5.32 Å². The molecule has 0 aromatic heterocycles. The van der Waals surface area contributed by atoms with Crippen molar-refractivity contribution in [2.24, 2.45) is 17.8 Å². The molecule has 0 aliphatic carbocycles. The van der Waals surface area contributed by atoms with Crippen LogP contribution in [-0.4, -0.2) is 37.0 Å². The summed E-state index contributed by atoms with van der Waals surface area (Å²) in [5, 5.41) is 3.14. The molecule has 26 heavy (non-hydrogen) atoms. The van der Waals surface area contributed by atoms with Crippen LogP contribution in [0.1, 0.15) is 39.3 Å². The smallest absolute Gasteiger partial charge is 0.338 e. The van der Waals surface area contributed by atoms with Gasteiger partial charge in [0.15, 0.2) is 0 Å². The number of ether oxygens (including phenoxy) is 2. The molecule has 142 valence electrons. The highest BCUT2D eigenvalue weighted by atomic mass is 16.6. The van der Waals surface area contributed by atoms with Crippen molar-refractivity contribution in [1.29, 1.82) is 0 Å². The van der Waals surface area contributed by atoms with Crippen molar-refractivity contribution in [2.75, 3.05) is 13.2 Å². The minimum absolute atomic E-state index is 0.125. The Bertz CT molecular complexity index is 625. The van der Waals surface area contributed by atoms with Gasteiger partial charge in [0.05, 0.1) is 13.2 Å². The maximum absolute atomic E-state index is 12.9. The minimum Gasteiger partial charge on any atom is -0.464 e. The lowest BCUT2D eigenvalue weighted by Crippen LogP contribution is -2.61. The average molecular weight is 361 g/mol. The summed E-state index contributed by atoms with van der Waals surface area (Å²) in [5.74, 6) is -2.65. The summed E-state index contributed by atoms with van der Waals surface area (Å²) in [6, 6.07) is 8.86. The number of nitrogens with one attached hydrogen (secondary N) is 1. The summed E-state index contributed by atoms with van der Waals surface area (Å²) in [4.78, 5) is 37.9. The molecule has 6 nitrogen and oxygen atoms in total. The zero-order valence-electron chi connectivity index (χ0n) is 15.7. The van der Waals surface area contributed by atoms with E-state index in [2.05, 4.69) is 5.32 Å². The second-order valence-corrected chi connectivity index (χ2v) is 6.76. The fourth-order valence-electron chi connectivity index (χ4n) is 3.97. The molecule has 0 unspecified atom stereocenters. The van der Waals surface area contributed by atoms with Gasteiger partial charge in [-0.25, -0.2) is 9.59 Å². The van der Waals surface area contributed by atoms with Gasteiger partial charge >= 0.3 is 11.9 Å². The molecule has 1 aromatic carbocycles. The summed E-state index contributed by atoms with van der Waals surface area (Å²) < 4.78 is 10.5. The van der Waals surface area contributed by atoms with Crippen LogP contribution in [0.5, 0.6) is 0 Å². The van der Waals surface area contributed by atoms with E-state index in [1.807, 2.05) is 44.2 Å². The largest absolute Gasteiger partial charge is 0.464 e. The van der Waals surface area contributed by atoms with Crippen LogP contribution in [0.2, 0.25) is 0 Å². The van der Waals surface area contributed by atoms with Gasteiger partial charge in [0.1, 0.15) is 6.29 Å². The van der Waals surface area contributed by atoms with Crippen LogP contribution < -0.4 is 5.32 Å². The zero-order chi connectivity index (χ0) is 19.3. The Hall–Kier alpha value is -2.21. The molecule has 1 N–H and O–H groups in total. The molecule has 1 heterocycles. The van der Waals surface area contributed by atoms with Gasteiger partial charge in [0.2, 0.25) is 5.54 Å². The second-order valence-electron chi connectivity index (χ2n) is 6.76. The molecule has 6 heteroatoms. The molecule has 1 saturated heterocycles. The van der Waals surface area contributed by atoms with Gasteiger partial charge < -0.3 is 14.3 Å². The first-order chi connectivity index (χ1) is 12.4. The molecule has 3 atom stereocenters. The van der Waals surface area contributed by atoms with Crippen LogP contribution in [0.25, 0.3) is 0 Å². The van der Waals surface area contributed by atoms with Crippen LogP contribution in [0.15, 0.2) is 30.3 Å². The lowest BCUT2D eigenvalue weighted by Gasteiger charge is -2.33. The van der Waals surface area contributed by atoms with Crippen LogP contribution in [0.3, 0.4) is 0 Å². The third kappa shape index (κ3) is 3.38. The van der Waals surface area contributed by atoms with E-state index in [4.69, 9.17) is 9.47 Å². The van der Waals surface area contributed by atoms with Gasteiger partial charge in [0.25, 0.3) is 0 Å². The molecule has 0 amide bonds. The van der Waals surface area contributed by atoms with Gasteiger partial charge in [0, 0.05) is 17.9 Å². The summed E-state index contributed by atoms with van der Waals surface area (Å²) in [6.45, 7) is 7.42. The molecule has 0 radical (unpaired) electrons. The van der Waals surface area contributed by atoms with Crippen molar-refractivity contribution in [1.82, 2.24) is 5.32 Å².